The Balaban J connectivity index is 1.80. The summed E-state index contributed by atoms with van der Waals surface area (Å²) in [4.78, 5) is 15.7. The first-order chi connectivity index (χ1) is 12.3. The third-order valence-electron chi connectivity index (χ3n) is 4.66. The molecule has 2 N–H and O–H groups in total. The van der Waals surface area contributed by atoms with Crippen molar-refractivity contribution in [3.8, 4) is 0 Å². The predicted molar refractivity (Wildman–Crippen MR) is 92.6 cm³/mol. The zero-order valence-corrected chi connectivity index (χ0v) is 14.9. The quantitative estimate of drug-likeness (QED) is 0.806. The zero-order chi connectivity index (χ0) is 19.2. The number of aliphatic hydroxyl groups excluding tert-OH is 1. The Morgan fingerprint density at radius 3 is 2.85 bits per heavy atom. The fourth-order valence-electron chi connectivity index (χ4n) is 3.19. The van der Waals surface area contributed by atoms with E-state index in [1.54, 1.807) is 13.1 Å². The standard InChI is InChI=1S/C18H26F3N3O2/c1-23(12-14-5-4-6-15(11-14)18(19,20)21)17(26)22-8-10-24-9-3-2-7-16(24)13-25/h4-6,11,16,25H,2-3,7-10,12-13H2,1H3,(H,22,26)/t16-/m1/s1. The molecule has 1 aliphatic heterocycles. The number of rotatable bonds is 6. The molecular weight excluding hydrogens is 347 g/mol. The summed E-state index contributed by atoms with van der Waals surface area (Å²) >= 11 is 0. The van der Waals surface area contributed by atoms with Crippen molar-refractivity contribution < 1.29 is 23.1 Å². The van der Waals surface area contributed by atoms with E-state index in [-0.39, 0.29) is 25.2 Å². The number of alkyl halides is 3. The molecule has 2 rings (SSSR count). The number of benzene rings is 1. The average molecular weight is 373 g/mol. The molecule has 1 aliphatic rings. The van der Waals surface area contributed by atoms with E-state index >= 15 is 0 Å². The van der Waals surface area contributed by atoms with Crippen LogP contribution in [0.5, 0.6) is 0 Å². The molecule has 1 atom stereocenters. The van der Waals surface area contributed by atoms with Crippen LogP contribution in [0, 0.1) is 0 Å². The van der Waals surface area contributed by atoms with Gasteiger partial charge in [-0.15, -0.1) is 0 Å². The molecule has 0 radical (unpaired) electrons. The number of likely N-dealkylation sites (tertiary alicyclic amines) is 1. The lowest BCUT2D eigenvalue weighted by molar-refractivity contribution is -0.137. The zero-order valence-electron chi connectivity index (χ0n) is 14.9. The number of nitrogens with zero attached hydrogens (tertiary/aromatic N) is 2. The van der Waals surface area contributed by atoms with Gasteiger partial charge >= 0.3 is 12.2 Å². The molecule has 5 nitrogen and oxygen atoms in total. The highest BCUT2D eigenvalue weighted by Gasteiger charge is 2.30. The molecule has 0 saturated carbocycles. The second kappa shape index (κ2) is 9.23. The normalized spacial score (nSPS) is 18.6. The molecule has 0 aromatic heterocycles. The van der Waals surface area contributed by atoms with Crippen LogP contribution in [0.3, 0.4) is 0 Å². The van der Waals surface area contributed by atoms with Crippen LogP contribution in [0.15, 0.2) is 24.3 Å². The van der Waals surface area contributed by atoms with Crippen LogP contribution in [0.25, 0.3) is 0 Å². The van der Waals surface area contributed by atoms with Crippen LogP contribution >= 0.6 is 0 Å². The van der Waals surface area contributed by atoms with Gasteiger partial charge in [0.05, 0.1) is 12.2 Å². The molecule has 1 fully saturated rings. The third-order valence-corrected chi connectivity index (χ3v) is 4.66. The van der Waals surface area contributed by atoms with E-state index in [0.29, 0.717) is 18.7 Å². The summed E-state index contributed by atoms with van der Waals surface area (Å²) in [5, 5.41) is 12.2. The van der Waals surface area contributed by atoms with Gasteiger partial charge in [0.2, 0.25) is 0 Å². The molecule has 0 aliphatic carbocycles. The Hall–Kier alpha value is -1.80. The van der Waals surface area contributed by atoms with Gasteiger partial charge in [-0.1, -0.05) is 18.6 Å². The van der Waals surface area contributed by atoms with Gasteiger partial charge in [0.15, 0.2) is 0 Å². The molecule has 26 heavy (non-hydrogen) atoms. The van der Waals surface area contributed by atoms with Crippen molar-refractivity contribution in [1.82, 2.24) is 15.1 Å². The molecule has 8 heteroatoms. The number of carbonyl (C=O) groups is 1. The van der Waals surface area contributed by atoms with E-state index in [4.69, 9.17) is 0 Å². The fourth-order valence-corrected chi connectivity index (χ4v) is 3.19. The maximum atomic E-state index is 12.8. The molecule has 1 heterocycles. The SMILES string of the molecule is CN(Cc1cccc(C(F)(F)F)c1)C(=O)NCCN1CCCC[C@@H]1CO. The number of nitrogens with one attached hydrogen (secondary N) is 1. The van der Waals surface area contributed by atoms with Gasteiger partial charge in [-0.3, -0.25) is 4.90 Å². The molecule has 0 spiro atoms. The van der Waals surface area contributed by atoms with Crippen LogP contribution in [0.4, 0.5) is 18.0 Å². The number of amides is 2. The second-order valence-electron chi connectivity index (χ2n) is 6.65. The number of piperidine rings is 1. The lowest BCUT2D eigenvalue weighted by atomic mass is 10.0. The lowest BCUT2D eigenvalue weighted by Crippen LogP contribution is -2.47. The molecule has 1 aromatic rings. The summed E-state index contributed by atoms with van der Waals surface area (Å²) in [5.74, 6) is 0. The maximum absolute atomic E-state index is 12.8. The first-order valence-corrected chi connectivity index (χ1v) is 8.81. The van der Waals surface area contributed by atoms with Gasteiger partial charge in [-0.25, -0.2) is 4.79 Å². The van der Waals surface area contributed by atoms with Crippen molar-refractivity contribution in [3.05, 3.63) is 35.4 Å². The minimum Gasteiger partial charge on any atom is -0.395 e. The van der Waals surface area contributed by atoms with Crippen LogP contribution in [0.2, 0.25) is 0 Å². The minimum absolute atomic E-state index is 0.0960. The molecule has 146 valence electrons. The lowest BCUT2D eigenvalue weighted by Gasteiger charge is -2.34. The number of hydrogen-bond acceptors (Lipinski definition) is 3. The number of urea groups is 1. The summed E-state index contributed by atoms with van der Waals surface area (Å²) in [6, 6.07) is 4.79. The van der Waals surface area contributed by atoms with Gasteiger partial charge in [0.1, 0.15) is 0 Å². The van der Waals surface area contributed by atoms with Crippen LogP contribution in [-0.4, -0.2) is 60.3 Å². The van der Waals surface area contributed by atoms with Crippen molar-refractivity contribution in [1.29, 1.82) is 0 Å². The Morgan fingerprint density at radius 2 is 2.15 bits per heavy atom. The van der Waals surface area contributed by atoms with Gasteiger partial charge in [-0.05, 0) is 37.1 Å². The van der Waals surface area contributed by atoms with Crippen molar-refractivity contribution in [2.75, 3.05) is 33.3 Å². The number of aliphatic hydroxyl groups is 1. The van der Waals surface area contributed by atoms with Crippen molar-refractivity contribution >= 4 is 6.03 Å². The fraction of sp³-hybridized carbons (Fsp3) is 0.611. The Bertz CT molecular complexity index is 595. The smallest absolute Gasteiger partial charge is 0.395 e. The Labute approximate surface area is 151 Å². The number of halogens is 3. The van der Waals surface area contributed by atoms with E-state index in [1.165, 1.54) is 11.0 Å². The van der Waals surface area contributed by atoms with Gasteiger partial charge in [0.25, 0.3) is 0 Å². The summed E-state index contributed by atoms with van der Waals surface area (Å²) in [5.41, 5.74) is -0.294. The first-order valence-electron chi connectivity index (χ1n) is 8.81. The molecule has 0 bridgehead atoms. The van der Waals surface area contributed by atoms with Crippen molar-refractivity contribution in [2.45, 2.75) is 38.0 Å². The van der Waals surface area contributed by atoms with Gasteiger partial charge in [0, 0.05) is 32.7 Å². The topological polar surface area (TPSA) is 55.8 Å². The van der Waals surface area contributed by atoms with E-state index in [0.717, 1.165) is 37.9 Å². The van der Waals surface area contributed by atoms with Crippen molar-refractivity contribution in [3.63, 3.8) is 0 Å². The van der Waals surface area contributed by atoms with Crippen LogP contribution in [0.1, 0.15) is 30.4 Å². The summed E-state index contributed by atoms with van der Waals surface area (Å²) in [7, 11) is 1.55. The predicted octanol–water partition coefficient (Wildman–Crippen LogP) is 2.69. The summed E-state index contributed by atoms with van der Waals surface area (Å²) in [6.07, 6.45) is -1.25. The highest BCUT2D eigenvalue weighted by Crippen LogP contribution is 2.29. The number of hydrogen-bond donors (Lipinski definition) is 2. The van der Waals surface area contributed by atoms with Gasteiger partial charge in [-0.2, -0.15) is 13.2 Å². The first kappa shape index (κ1) is 20.5. The summed E-state index contributed by atoms with van der Waals surface area (Å²) in [6.45, 7) is 2.19. The third kappa shape index (κ3) is 5.88. The van der Waals surface area contributed by atoms with E-state index in [9.17, 15) is 23.1 Å². The Morgan fingerprint density at radius 1 is 1.38 bits per heavy atom. The summed E-state index contributed by atoms with van der Waals surface area (Å²) < 4.78 is 38.3. The molecule has 2 amide bonds. The number of carbonyl (C=O) groups excluding carboxylic acids is 1. The van der Waals surface area contributed by atoms with Gasteiger partial charge < -0.3 is 15.3 Å². The Kier molecular flexibility index (Phi) is 7.28. The molecule has 1 aromatic carbocycles. The minimum atomic E-state index is -4.39. The maximum Gasteiger partial charge on any atom is 0.416 e. The molecular formula is C18H26F3N3O2. The molecule has 1 saturated heterocycles. The average Bonchev–Trinajstić information content (AvgIpc) is 2.61. The molecule has 0 unspecified atom stereocenters. The second-order valence-corrected chi connectivity index (χ2v) is 6.65. The van der Waals surface area contributed by atoms with Crippen molar-refractivity contribution in [2.24, 2.45) is 0 Å². The largest absolute Gasteiger partial charge is 0.416 e. The monoisotopic (exact) mass is 373 g/mol. The van der Waals surface area contributed by atoms with Crippen LogP contribution in [-0.2, 0) is 12.7 Å². The highest BCUT2D eigenvalue weighted by molar-refractivity contribution is 5.73. The van der Waals surface area contributed by atoms with Crippen LogP contribution < -0.4 is 5.32 Å². The van der Waals surface area contributed by atoms with E-state index in [1.807, 2.05) is 0 Å². The van der Waals surface area contributed by atoms with E-state index in [2.05, 4.69) is 10.2 Å². The van der Waals surface area contributed by atoms with E-state index < -0.39 is 11.7 Å². The highest BCUT2D eigenvalue weighted by atomic mass is 19.4.